The first-order chi connectivity index (χ1) is 13.8. The van der Waals surface area contributed by atoms with E-state index in [0.29, 0.717) is 37.6 Å². The fourth-order valence-electron chi connectivity index (χ4n) is 3.16. The van der Waals surface area contributed by atoms with Crippen molar-refractivity contribution in [3.8, 4) is 5.88 Å². The van der Waals surface area contributed by atoms with Crippen LogP contribution in [0.25, 0.3) is 0 Å². The first-order valence-electron chi connectivity index (χ1n) is 9.30. The highest BCUT2D eigenvalue weighted by molar-refractivity contribution is 5.93. The summed E-state index contributed by atoms with van der Waals surface area (Å²) in [4.78, 5) is 16.9. The van der Waals surface area contributed by atoms with Gasteiger partial charge in [0, 0.05) is 24.9 Å². The number of ether oxygens (including phenoxy) is 2. The lowest BCUT2D eigenvalue weighted by Gasteiger charge is -2.31. The third-order valence-corrected chi connectivity index (χ3v) is 4.60. The molecule has 144 valence electrons. The zero-order valence-corrected chi connectivity index (χ0v) is 15.4. The Morgan fingerprint density at radius 3 is 2.89 bits per heavy atom. The Morgan fingerprint density at radius 2 is 2.07 bits per heavy atom. The van der Waals surface area contributed by atoms with Crippen LogP contribution in [0.2, 0.25) is 0 Å². The predicted octanol–water partition coefficient (Wildman–Crippen LogP) is 2.29. The van der Waals surface area contributed by atoms with E-state index in [-0.39, 0.29) is 18.1 Å². The molecule has 1 aliphatic heterocycles. The number of hydrogen-bond acceptors (Lipinski definition) is 5. The molecule has 0 saturated carbocycles. The normalized spacial score (nSPS) is 19.1. The van der Waals surface area contributed by atoms with Gasteiger partial charge in [0.05, 0.1) is 37.6 Å². The maximum Gasteiger partial charge on any atom is 0.254 e. The molecule has 0 spiro atoms. The third kappa shape index (κ3) is 4.55. The first-order valence-corrected chi connectivity index (χ1v) is 9.30. The van der Waals surface area contributed by atoms with Crippen molar-refractivity contribution in [2.45, 2.75) is 25.1 Å². The quantitative estimate of drug-likeness (QED) is 0.712. The fourth-order valence-corrected chi connectivity index (χ4v) is 3.16. The molecule has 7 heteroatoms. The highest BCUT2D eigenvalue weighted by Crippen LogP contribution is 2.16. The van der Waals surface area contributed by atoms with Crippen molar-refractivity contribution in [1.29, 1.82) is 0 Å². The summed E-state index contributed by atoms with van der Waals surface area (Å²) in [7, 11) is 0. The van der Waals surface area contributed by atoms with Crippen LogP contribution in [0.1, 0.15) is 22.3 Å². The van der Waals surface area contributed by atoms with E-state index in [1.807, 2.05) is 48.5 Å². The molecule has 0 aliphatic carbocycles. The van der Waals surface area contributed by atoms with Gasteiger partial charge in [0.25, 0.3) is 5.91 Å². The molecule has 1 N–H and O–H groups in total. The lowest BCUT2D eigenvalue weighted by molar-refractivity contribution is -0.00448. The zero-order chi connectivity index (χ0) is 19.2. The van der Waals surface area contributed by atoms with Crippen molar-refractivity contribution in [2.75, 3.05) is 13.2 Å². The van der Waals surface area contributed by atoms with Crippen molar-refractivity contribution in [1.82, 2.24) is 20.1 Å². The zero-order valence-electron chi connectivity index (χ0n) is 15.4. The second-order valence-corrected chi connectivity index (χ2v) is 6.68. The van der Waals surface area contributed by atoms with E-state index in [4.69, 9.17) is 9.47 Å². The van der Waals surface area contributed by atoms with Crippen LogP contribution in [0.5, 0.6) is 5.88 Å². The predicted molar refractivity (Wildman–Crippen MR) is 103 cm³/mol. The molecule has 3 heterocycles. The summed E-state index contributed by atoms with van der Waals surface area (Å²) in [5.41, 5.74) is 1.64. The van der Waals surface area contributed by atoms with Gasteiger partial charge in [-0.25, -0.2) is 4.98 Å². The minimum Gasteiger partial charge on any atom is -0.472 e. The van der Waals surface area contributed by atoms with Gasteiger partial charge < -0.3 is 14.8 Å². The number of nitrogens with zero attached hydrogens (tertiary/aromatic N) is 3. The van der Waals surface area contributed by atoms with Crippen molar-refractivity contribution in [3.05, 3.63) is 78.2 Å². The van der Waals surface area contributed by atoms with Crippen LogP contribution in [-0.4, -0.2) is 46.0 Å². The molecular weight excluding hydrogens is 356 g/mol. The number of aromatic nitrogens is 3. The lowest BCUT2D eigenvalue weighted by Crippen LogP contribution is -2.51. The number of nitrogens with one attached hydrogen (secondary N) is 1. The average molecular weight is 378 g/mol. The minimum absolute atomic E-state index is 0.188. The van der Waals surface area contributed by atoms with E-state index in [1.165, 1.54) is 0 Å². The maximum absolute atomic E-state index is 12.7. The topological polar surface area (TPSA) is 78.3 Å². The Balaban J connectivity index is 1.39. The molecular formula is C21H22N4O3. The highest BCUT2D eigenvalue weighted by atomic mass is 16.5. The molecule has 0 unspecified atom stereocenters. The Kier molecular flexibility index (Phi) is 5.63. The Labute approximate surface area is 163 Å². The van der Waals surface area contributed by atoms with E-state index in [2.05, 4.69) is 15.4 Å². The van der Waals surface area contributed by atoms with E-state index >= 15 is 0 Å². The molecule has 2 aromatic heterocycles. The molecule has 0 radical (unpaired) electrons. The van der Waals surface area contributed by atoms with Crippen LogP contribution in [0.15, 0.2) is 67.1 Å². The number of amides is 1. The van der Waals surface area contributed by atoms with Crippen LogP contribution in [0.4, 0.5) is 0 Å². The first kappa shape index (κ1) is 18.2. The van der Waals surface area contributed by atoms with Gasteiger partial charge in [-0.2, -0.15) is 5.10 Å². The second kappa shape index (κ2) is 8.67. The maximum atomic E-state index is 12.7. The number of rotatable bonds is 6. The van der Waals surface area contributed by atoms with Crippen LogP contribution in [0.3, 0.4) is 0 Å². The molecule has 1 fully saturated rings. The van der Waals surface area contributed by atoms with Crippen molar-refractivity contribution in [2.24, 2.45) is 0 Å². The molecule has 0 bridgehead atoms. The van der Waals surface area contributed by atoms with Crippen LogP contribution >= 0.6 is 0 Å². The Bertz CT molecular complexity index is 898. The van der Waals surface area contributed by atoms with Crippen LogP contribution in [-0.2, 0) is 11.3 Å². The van der Waals surface area contributed by atoms with E-state index in [9.17, 15) is 4.79 Å². The van der Waals surface area contributed by atoms with Crippen LogP contribution < -0.4 is 10.1 Å². The Morgan fingerprint density at radius 1 is 1.21 bits per heavy atom. The van der Waals surface area contributed by atoms with Gasteiger partial charge in [-0.3, -0.25) is 9.48 Å². The summed E-state index contributed by atoms with van der Waals surface area (Å²) in [6, 6.07) is 15.3. The van der Waals surface area contributed by atoms with Crippen LogP contribution in [0, 0.1) is 0 Å². The Hall–Kier alpha value is -3.19. The SMILES string of the molecule is O=C(N[C@@H]1COCC[C@H]1Oc1ccccn1)c1cnn(Cc2ccccc2)c1. The second-order valence-electron chi connectivity index (χ2n) is 6.68. The largest absolute Gasteiger partial charge is 0.472 e. The molecule has 1 aliphatic rings. The summed E-state index contributed by atoms with van der Waals surface area (Å²) >= 11 is 0. The molecule has 1 amide bonds. The smallest absolute Gasteiger partial charge is 0.254 e. The average Bonchev–Trinajstić information content (AvgIpc) is 3.20. The summed E-state index contributed by atoms with van der Waals surface area (Å²) in [6.07, 6.45) is 5.52. The molecule has 28 heavy (non-hydrogen) atoms. The van der Waals surface area contributed by atoms with Gasteiger partial charge >= 0.3 is 0 Å². The van der Waals surface area contributed by atoms with Gasteiger partial charge in [-0.1, -0.05) is 36.4 Å². The van der Waals surface area contributed by atoms with E-state index in [1.54, 1.807) is 23.3 Å². The number of benzene rings is 1. The summed E-state index contributed by atoms with van der Waals surface area (Å²) < 4.78 is 13.3. The fraction of sp³-hybridized carbons (Fsp3) is 0.286. The van der Waals surface area contributed by atoms with Gasteiger partial charge in [0.2, 0.25) is 5.88 Å². The number of carbonyl (C=O) groups is 1. The molecule has 3 aromatic rings. The summed E-state index contributed by atoms with van der Waals surface area (Å²) in [5.74, 6) is 0.355. The molecule has 2 atom stereocenters. The molecule has 4 rings (SSSR count). The number of carbonyl (C=O) groups excluding carboxylic acids is 1. The van der Waals surface area contributed by atoms with Gasteiger partial charge in [-0.05, 0) is 11.6 Å². The number of pyridine rings is 1. The van der Waals surface area contributed by atoms with Gasteiger partial charge in [-0.15, -0.1) is 0 Å². The highest BCUT2D eigenvalue weighted by Gasteiger charge is 2.29. The molecule has 1 saturated heterocycles. The lowest BCUT2D eigenvalue weighted by atomic mass is 10.1. The standard InChI is InChI=1S/C21H22N4O3/c26-21(17-12-23-25(14-17)13-16-6-2-1-3-7-16)24-18-15-27-11-9-19(18)28-20-8-4-5-10-22-20/h1-8,10,12,14,18-19H,9,11,13,15H2,(H,24,26)/t18-,19-/m1/s1. The summed E-state index contributed by atoms with van der Waals surface area (Å²) in [6.45, 7) is 1.62. The van der Waals surface area contributed by atoms with Gasteiger partial charge in [0.15, 0.2) is 0 Å². The monoisotopic (exact) mass is 378 g/mol. The number of hydrogen-bond donors (Lipinski definition) is 1. The minimum atomic E-state index is -0.249. The van der Waals surface area contributed by atoms with Crippen molar-refractivity contribution < 1.29 is 14.3 Å². The van der Waals surface area contributed by atoms with Gasteiger partial charge in [0.1, 0.15) is 6.10 Å². The summed E-state index contributed by atoms with van der Waals surface area (Å²) in [5, 5.41) is 7.31. The van der Waals surface area contributed by atoms with E-state index < -0.39 is 0 Å². The molecule has 1 aromatic carbocycles. The molecule has 7 nitrogen and oxygen atoms in total. The third-order valence-electron chi connectivity index (χ3n) is 4.60. The van der Waals surface area contributed by atoms with E-state index in [0.717, 1.165) is 5.56 Å². The van der Waals surface area contributed by atoms with Crippen molar-refractivity contribution in [3.63, 3.8) is 0 Å². The van der Waals surface area contributed by atoms with Crippen molar-refractivity contribution >= 4 is 5.91 Å².